The molecule has 2 aliphatic heterocycles. The van der Waals surface area contributed by atoms with Gasteiger partial charge in [-0.05, 0) is 65.7 Å². The van der Waals surface area contributed by atoms with E-state index in [0.29, 0.717) is 0 Å². The molecule has 0 radical (unpaired) electrons. The van der Waals surface area contributed by atoms with E-state index in [1.54, 1.807) is 4.90 Å². The number of ether oxygens (including phenoxy) is 8. The van der Waals surface area contributed by atoms with Crippen LogP contribution in [0.1, 0.15) is 77.6 Å². The van der Waals surface area contributed by atoms with Crippen LogP contribution < -0.4 is 15.1 Å². The van der Waals surface area contributed by atoms with E-state index in [4.69, 9.17) is 46.8 Å². The Morgan fingerprint density at radius 2 is 1.04 bits per heavy atom. The average molecular weight is 1060 g/mol. The second-order valence-corrected chi connectivity index (χ2v) is 25.4. The van der Waals surface area contributed by atoms with Gasteiger partial charge in [-0.3, -0.25) is 9.59 Å². The molecule has 406 valence electrons. The SMILES string of the molecule is CC(=O)N[C@H]1[C@H](O[C@H]2[C@@H](OCc3ccccc3)[C@@H](COCc3ccccc3)O[C@H](O[P+](=O)[O-])[C@@H]2OCc2ccccc2)O[C@H](COCc2ccccc2)[C@@H](O[Si](C)(C)C(C)(C)C)[C@@H]1OC(C)=O.CC[NH+](CC)CC. The molecule has 18 heteroatoms. The molecule has 11 atom stereocenters. The zero-order valence-electron chi connectivity index (χ0n) is 44.8. The highest BCUT2D eigenvalue weighted by molar-refractivity contribution is 7.30. The van der Waals surface area contributed by atoms with Gasteiger partial charge in [0.25, 0.3) is 0 Å². The second kappa shape index (κ2) is 30.4. The maximum absolute atomic E-state index is 13.3. The van der Waals surface area contributed by atoms with Gasteiger partial charge in [-0.1, -0.05) is 142 Å². The van der Waals surface area contributed by atoms with Crippen molar-refractivity contribution in [1.29, 1.82) is 0 Å². The molecule has 2 fully saturated rings. The zero-order chi connectivity index (χ0) is 53.7. The molecule has 4 aromatic carbocycles. The number of carbonyl (C=O) groups excluding carboxylic acids is 2. The fraction of sp³-hybridized carbons (Fsp3) is 0.536. The smallest absolute Gasteiger partial charge is 0.491 e. The van der Waals surface area contributed by atoms with Gasteiger partial charge in [-0.25, -0.2) is 0 Å². The third kappa shape index (κ3) is 19.1. The topological polar surface area (TPSA) is 183 Å². The molecule has 2 saturated heterocycles. The molecule has 1 unspecified atom stereocenters. The summed E-state index contributed by atoms with van der Waals surface area (Å²) in [5.74, 6) is -1.10. The fourth-order valence-electron chi connectivity index (χ4n) is 8.42. The Hall–Kier alpha value is -4.30. The highest BCUT2D eigenvalue weighted by atomic mass is 31.1. The van der Waals surface area contributed by atoms with Crippen molar-refractivity contribution < 1.29 is 70.8 Å². The number of amides is 1. The summed E-state index contributed by atoms with van der Waals surface area (Å²) in [6, 6.07) is 36.7. The number of quaternary nitrogens is 1. The Morgan fingerprint density at radius 3 is 1.43 bits per heavy atom. The third-order valence-electron chi connectivity index (χ3n) is 13.5. The third-order valence-corrected chi connectivity index (χ3v) is 18.3. The summed E-state index contributed by atoms with van der Waals surface area (Å²) < 4.78 is 77.7. The first-order valence-corrected chi connectivity index (χ1v) is 29.7. The maximum atomic E-state index is 13.3. The van der Waals surface area contributed by atoms with Gasteiger partial charge < -0.3 is 57.4 Å². The van der Waals surface area contributed by atoms with Crippen LogP contribution in [0.4, 0.5) is 0 Å². The van der Waals surface area contributed by atoms with Crippen molar-refractivity contribution in [2.24, 2.45) is 0 Å². The van der Waals surface area contributed by atoms with Gasteiger partial charge in [0.1, 0.15) is 42.7 Å². The summed E-state index contributed by atoms with van der Waals surface area (Å²) in [6.07, 6.45) is -10.6. The van der Waals surface area contributed by atoms with Crippen LogP contribution in [0, 0.1) is 0 Å². The fourth-order valence-corrected chi connectivity index (χ4v) is 10.1. The first-order chi connectivity index (χ1) is 35.4. The van der Waals surface area contributed by atoms with Crippen molar-refractivity contribution in [2.75, 3.05) is 32.8 Å². The largest absolute Gasteiger partial charge is 0.566 e. The number of esters is 1. The number of hydrogen-bond donors (Lipinski definition) is 2. The number of hydrogen-bond acceptors (Lipinski definition) is 14. The van der Waals surface area contributed by atoms with Crippen molar-refractivity contribution >= 4 is 28.4 Å². The van der Waals surface area contributed by atoms with E-state index in [9.17, 15) is 19.0 Å². The zero-order valence-corrected chi connectivity index (χ0v) is 46.7. The van der Waals surface area contributed by atoms with Crippen LogP contribution >= 0.6 is 8.25 Å². The van der Waals surface area contributed by atoms with Crippen LogP contribution in [0.2, 0.25) is 18.1 Å². The van der Waals surface area contributed by atoms with E-state index in [-0.39, 0.29) is 44.7 Å². The quantitative estimate of drug-likeness (QED) is 0.0386. The number of benzene rings is 4. The lowest BCUT2D eigenvalue weighted by molar-refractivity contribution is -0.894. The number of rotatable bonds is 25. The minimum Gasteiger partial charge on any atom is -0.566 e. The van der Waals surface area contributed by atoms with E-state index in [1.807, 2.05) is 121 Å². The van der Waals surface area contributed by atoms with Crippen molar-refractivity contribution in [3.05, 3.63) is 144 Å². The van der Waals surface area contributed by atoms with Crippen molar-refractivity contribution in [1.82, 2.24) is 5.32 Å². The lowest BCUT2D eigenvalue weighted by atomic mass is 9.94. The summed E-state index contributed by atoms with van der Waals surface area (Å²) in [4.78, 5) is 40.6. The molecule has 6 rings (SSSR count). The second-order valence-electron chi connectivity index (χ2n) is 20.0. The predicted molar refractivity (Wildman–Crippen MR) is 281 cm³/mol. The van der Waals surface area contributed by atoms with Crippen LogP contribution in [0.15, 0.2) is 121 Å². The Balaban J connectivity index is 0.00000135. The van der Waals surface area contributed by atoms with E-state index >= 15 is 0 Å². The van der Waals surface area contributed by atoms with E-state index < -0.39 is 89.8 Å². The molecule has 2 heterocycles. The van der Waals surface area contributed by atoms with Gasteiger partial charge in [0.2, 0.25) is 12.2 Å². The molecule has 2 aliphatic rings. The molecular formula is C56H80N2O14PSi+. The lowest BCUT2D eigenvalue weighted by Crippen LogP contribution is -3.11. The van der Waals surface area contributed by atoms with E-state index in [0.717, 1.165) is 22.3 Å². The van der Waals surface area contributed by atoms with Crippen LogP contribution in [0.3, 0.4) is 0 Å². The minimum absolute atomic E-state index is 0.0140. The van der Waals surface area contributed by atoms with Crippen LogP contribution in [-0.2, 0) is 87.4 Å². The Kier molecular flexibility index (Phi) is 24.9. The summed E-state index contributed by atoms with van der Waals surface area (Å²) >= 11 is 0. The van der Waals surface area contributed by atoms with Crippen LogP contribution in [-0.4, -0.2) is 114 Å². The van der Waals surface area contributed by atoms with Gasteiger partial charge in [0, 0.05) is 13.8 Å². The summed E-state index contributed by atoms with van der Waals surface area (Å²) in [6.45, 7) is 23.9. The van der Waals surface area contributed by atoms with Crippen molar-refractivity contribution in [3.8, 4) is 0 Å². The Morgan fingerprint density at radius 1 is 0.622 bits per heavy atom. The first-order valence-electron chi connectivity index (χ1n) is 25.7. The molecular weight excluding hydrogens is 984 g/mol. The maximum Gasteiger partial charge on any atom is 0.491 e. The van der Waals surface area contributed by atoms with Gasteiger partial charge in [0.15, 0.2) is 20.7 Å². The van der Waals surface area contributed by atoms with E-state index in [2.05, 4.69) is 60.0 Å². The number of carbonyl (C=O) groups is 2. The molecule has 0 aromatic heterocycles. The monoisotopic (exact) mass is 1060 g/mol. The summed E-state index contributed by atoms with van der Waals surface area (Å²) in [5, 5.41) is 2.66. The highest BCUT2D eigenvalue weighted by Crippen LogP contribution is 2.42. The summed E-state index contributed by atoms with van der Waals surface area (Å²) in [5.41, 5.74) is 3.41. The standard InChI is InChI=1S/C50H64NO14PSi.C6H15N/c1-34(52)51-42-45(60-35(2)53)44(65-67(6,7)50(3,4)5)41(33-57-29-37-22-14-9-15-23-37)61-48(42)63-46-43(58-30-38-24-16-10-17-25-38)40(32-56-28-36-20-12-8-13-21-36)62-49(64-66(54)55)47(46)59-31-39-26-18-11-19-27-39;1-4-7(5-2)6-3/h8-27,40-49H,28-33H2,1-7H3,(H,51,52);4-6H2,1-3H3/p+1/t40-,41-,42-,43+,44-,45-,46+,47-,48+,49-;/m1./s1. The average Bonchev–Trinajstić information content (AvgIpc) is 3.36. The molecule has 0 bridgehead atoms. The molecule has 0 spiro atoms. The van der Waals surface area contributed by atoms with Gasteiger partial charge in [0.05, 0.1) is 59.3 Å². The molecule has 1 amide bonds. The van der Waals surface area contributed by atoms with Gasteiger partial charge in [-0.2, -0.15) is 0 Å². The highest BCUT2D eigenvalue weighted by Gasteiger charge is 2.57. The molecule has 0 saturated carbocycles. The molecule has 74 heavy (non-hydrogen) atoms. The lowest BCUT2D eigenvalue weighted by Gasteiger charge is -2.51. The van der Waals surface area contributed by atoms with Gasteiger partial charge in [-0.15, -0.1) is 4.52 Å². The Labute approximate surface area is 440 Å². The summed E-state index contributed by atoms with van der Waals surface area (Å²) in [7, 11) is -6.17. The Bertz CT molecular complexity index is 2240. The molecule has 0 aliphatic carbocycles. The molecule has 16 nitrogen and oxygen atoms in total. The van der Waals surface area contributed by atoms with Crippen molar-refractivity contribution in [2.45, 2.75) is 161 Å². The predicted octanol–water partition coefficient (Wildman–Crippen LogP) is 7.22. The van der Waals surface area contributed by atoms with E-state index in [1.165, 1.54) is 33.5 Å². The molecule has 4 aromatic rings. The van der Waals surface area contributed by atoms with Crippen LogP contribution in [0.5, 0.6) is 0 Å². The normalized spacial score (nSPS) is 24.4. The van der Waals surface area contributed by atoms with Crippen molar-refractivity contribution in [3.63, 3.8) is 0 Å². The minimum atomic E-state index is -3.50. The van der Waals surface area contributed by atoms with Crippen LogP contribution in [0.25, 0.3) is 0 Å². The number of nitrogens with one attached hydrogen (secondary N) is 2. The molecule has 2 N–H and O–H groups in total. The first kappa shape index (κ1) is 60.6. The van der Waals surface area contributed by atoms with Gasteiger partial charge >= 0.3 is 14.2 Å².